The Morgan fingerprint density at radius 1 is 1.25 bits per heavy atom. The van der Waals surface area contributed by atoms with E-state index in [1.807, 2.05) is 35.2 Å². The normalized spacial score (nSPS) is 21.9. The zero-order valence-corrected chi connectivity index (χ0v) is 13.6. The molecular weight excluding hydrogens is 304 g/mol. The van der Waals surface area contributed by atoms with Crippen molar-refractivity contribution in [2.24, 2.45) is 0 Å². The van der Waals surface area contributed by atoms with Crippen LogP contribution in [0.5, 0.6) is 0 Å². The third-order valence-corrected chi connectivity index (χ3v) is 4.78. The number of likely N-dealkylation sites (tertiary alicyclic amines) is 1. The van der Waals surface area contributed by atoms with Gasteiger partial charge >= 0.3 is 6.03 Å². The summed E-state index contributed by atoms with van der Waals surface area (Å²) in [4.78, 5) is 20.6. The van der Waals surface area contributed by atoms with Gasteiger partial charge in [0, 0.05) is 31.2 Å². The van der Waals surface area contributed by atoms with Gasteiger partial charge in [0.15, 0.2) is 5.76 Å². The van der Waals surface area contributed by atoms with Crippen molar-refractivity contribution in [1.29, 1.82) is 0 Å². The van der Waals surface area contributed by atoms with Crippen molar-refractivity contribution in [3.05, 3.63) is 42.4 Å². The maximum Gasteiger partial charge on any atom is 0.317 e. The van der Waals surface area contributed by atoms with Crippen LogP contribution in [0.25, 0.3) is 11.3 Å². The lowest BCUT2D eigenvalue weighted by atomic mass is 10.0. The third kappa shape index (κ3) is 3.14. The number of nitrogens with one attached hydrogen (secondary N) is 1. The van der Waals surface area contributed by atoms with Crippen LogP contribution >= 0.6 is 0 Å². The van der Waals surface area contributed by atoms with E-state index in [9.17, 15) is 4.79 Å². The van der Waals surface area contributed by atoms with Crippen molar-refractivity contribution in [1.82, 2.24) is 20.1 Å². The summed E-state index contributed by atoms with van der Waals surface area (Å²) in [5.41, 5.74) is 1.04. The first-order valence-electron chi connectivity index (χ1n) is 8.56. The van der Waals surface area contributed by atoms with Crippen LogP contribution < -0.4 is 5.32 Å². The number of hydrogen-bond acceptors (Lipinski definition) is 4. The quantitative estimate of drug-likeness (QED) is 0.937. The molecule has 1 unspecified atom stereocenters. The molecule has 4 rings (SSSR count). The molecular formula is C18H22N4O2. The van der Waals surface area contributed by atoms with Gasteiger partial charge in [0.1, 0.15) is 0 Å². The number of urea groups is 1. The summed E-state index contributed by atoms with van der Waals surface area (Å²) in [5.74, 6) is 1.54. The molecule has 2 saturated heterocycles. The summed E-state index contributed by atoms with van der Waals surface area (Å²) in [5, 5.41) is 2.89. The Hall–Kier alpha value is -2.34. The molecule has 2 fully saturated rings. The van der Waals surface area contributed by atoms with Gasteiger partial charge in [-0.25, -0.2) is 9.78 Å². The first kappa shape index (κ1) is 15.2. The number of benzene rings is 1. The number of carbonyl (C=O) groups is 1. The summed E-state index contributed by atoms with van der Waals surface area (Å²) >= 11 is 0. The molecule has 1 N–H and O–H groups in total. The number of piperidine rings is 1. The van der Waals surface area contributed by atoms with Gasteiger partial charge in [0.2, 0.25) is 5.89 Å². The molecule has 2 aliphatic heterocycles. The molecule has 2 aromatic rings. The second kappa shape index (κ2) is 6.65. The van der Waals surface area contributed by atoms with Crippen LogP contribution in [-0.2, 0) is 6.54 Å². The smallest absolute Gasteiger partial charge is 0.317 e. The lowest BCUT2D eigenvalue weighted by molar-refractivity contribution is 0.115. The molecule has 2 aliphatic rings. The highest BCUT2D eigenvalue weighted by Crippen LogP contribution is 2.22. The van der Waals surface area contributed by atoms with Crippen LogP contribution in [0.3, 0.4) is 0 Å². The van der Waals surface area contributed by atoms with Crippen molar-refractivity contribution in [2.45, 2.75) is 25.4 Å². The van der Waals surface area contributed by atoms with Crippen LogP contribution in [0, 0.1) is 0 Å². The molecule has 1 aromatic heterocycles. The predicted molar refractivity (Wildman–Crippen MR) is 90.3 cm³/mol. The molecule has 1 aromatic carbocycles. The molecule has 24 heavy (non-hydrogen) atoms. The summed E-state index contributed by atoms with van der Waals surface area (Å²) in [6.45, 7) is 4.17. The second-order valence-electron chi connectivity index (χ2n) is 6.44. The van der Waals surface area contributed by atoms with Gasteiger partial charge in [0.25, 0.3) is 0 Å². The number of aromatic nitrogens is 1. The van der Waals surface area contributed by atoms with Crippen LogP contribution in [0.15, 0.2) is 40.9 Å². The van der Waals surface area contributed by atoms with Gasteiger partial charge in [-0.3, -0.25) is 4.90 Å². The van der Waals surface area contributed by atoms with Gasteiger partial charge < -0.3 is 14.6 Å². The Balaban J connectivity index is 1.40. The zero-order chi connectivity index (χ0) is 16.4. The van der Waals surface area contributed by atoms with E-state index in [2.05, 4.69) is 15.2 Å². The maximum atomic E-state index is 11.9. The van der Waals surface area contributed by atoms with Gasteiger partial charge in [-0.1, -0.05) is 30.3 Å². The Labute approximate surface area is 141 Å². The number of amides is 2. The van der Waals surface area contributed by atoms with E-state index < -0.39 is 0 Å². The second-order valence-corrected chi connectivity index (χ2v) is 6.44. The number of nitrogens with zero attached hydrogens (tertiary/aromatic N) is 3. The summed E-state index contributed by atoms with van der Waals surface area (Å²) < 4.78 is 5.91. The van der Waals surface area contributed by atoms with Crippen LogP contribution in [0.2, 0.25) is 0 Å². The number of hydrogen-bond donors (Lipinski definition) is 1. The fourth-order valence-electron chi connectivity index (χ4n) is 3.57. The fourth-order valence-corrected chi connectivity index (χ4v) is 3.57. The van der Waals surface area contributed by atoms with E-state index in [0.29, 0.717) is 12.6 Å². The standard InChI is InChI=1S/C18H22N4O2/c23-18-19-8-10-22(18)15-7-4-9-21(12-15)13-17-20-11-16(24-17)14-5-2-1-3-6-14/h1-3,5-6,11,15H,4,7-10,12-13H2,(H,19,23). The SMILES string of the molecule is O=C1NCCN1C1CCCN(Cc2ncc(-c3ccccc3)o2)C1. The summed E-state index contributed by atoms with van der Waals surface area (Å²) in [6.07, 6.45) is 3.96. The van der Waals surface area contributed by atoms with Crippen LogP contribution in [0.4, 0.5) is 4.79 Å². The molecule has 2 amide bonds. The minimum absolute atomic E-state index is 0.0735. The Morgan fingerprint density at radius 3 is 2.92 bits per heavy atom. The molecule has 0 saturated carbocycles. The first-order chi connectivity index (χ1) is 11.8. The molecule has 0 bridgehead atoms. The number of carbonyl (C=O) groups excluding carboxylic acids is 1. The van der Waals surface area contributed by atoms with E-state index in [4.69, 9.17) is 4.42 Å². The topological polar surface area (TPSA) is 61.6 Å². The van der Waals surface area contributed by atoms with Crippen molar-refractivity contribution < 1.29 is 9.21 Å². The highest BCUT2D eigenvalue weighted by molar-refractivity contribution is 5.76. The Bertz CT molecular complexity index is 700. The average molecular weight is 326 g/mol. The molecule has 0 radical (unpaired) electrons. The van der Waals surface area contributed by atoms with Gasteiger partial charge in [-0.2, -0.15) is 0 Å². The van der Waals surface area contributed by atoms with Gasteiger partial charge in [-0.15, -0.1) is 0 Å². The van der Waals surface area contributed by atoms with Crippen molar-refractivity contribution in [2.75, 3.05) is 26.2 Å². The van der Waals surface area contributed by atoms with E-state index in [-0.39, 0.29) is 6.03 Å². The maximum absolute atomic E-state index is 11.9. The van der Waals surface area contributed by atoms with E-state index in [1.54, 1.807) is 6.20 Å². The van der Waals surface area contributed by atoms with Gasteiger partial charge in [-0.05, 0) is 19.4 Å². The lowest BCUT2D eigenvalue weighted by Gasteiger charge is -2.36. The number of oxazole rings is 1. The van der Waals surface area contributed by atoms with E-state index >= 15 is 0 Å². The number of rotatable bonds is 4. The Morgan fingerprint density at radius 2 is 2.12 bits per heavy atom. The Kier molecular flexibility index (Phi) is 4.21. The molecule has 6 nitrogen and oxygen atoms in total. The van der Waals surface area contributed by atoms with Crippen molar-refractivity contribution in [3.8, 4) is 11.3 Å². The van der Waals surface area contributed by atoms with E-state index in [0.717, 1.165) is 56.2 Å². The van der Waals surface area contributed by atoms with Gasteiger partial charge in [0.05, 0.1) is 12.7 Å². The predicted octanol–water partition coefficient (Wildman–Crippen LogP) is 2.33. The van der Waals surface area contributed by atoms with Crippen molar-refractivity contribution >= 4 is 6.03 Å². The molecule has 1 atom stereocenters. The van der Waals surface area contributed by atoms with E-state index in [1.165, 1.54) is 0 Å². The third-order valence-electron chi connectivity index (χ3n) is 4.78. The van der Waals surface area contributed by atoms with Crippen LogP contribution in [0.1, 0.15) is 18.7 Å². The van der Waals surface area contributed by atoms with Crippen molar-refractivity contribution in [3.63, 3.8) is 0 Å². The molecule has 6 heteroatoms. The lowest BCUT2D eigenvalue weighted by Crippen LogP contribution is -2.48. The molecule has 0 aliphatic carbocycles. The minimum Gasteiger partial charge on any atom is -0.439 e. The molecule has 126 valence electrons. The molecule has 3 heterocycles. The minimum atomic E-state index is 0.0735. The highest BCUT2D eigenvalue weighted by atomic mass is 16.4. The summed E-state index contributed by atoms with van der Waals surface area (Å²) in [6, 6.07) is 10.4. The highest BCUT2D eigenvalue weighted by Gasteiger charge is 2.31. The largest absolute Gasteiger partial charge is 0.439 e. The van der Waals surface area contributed by atoms with Crippen LogP contribution in [-0.4, -0.2) is 53.0 Å². The fraction of sp³-hybridized carbons (Fsp3) is 0.444. The first-order valence-corrected chi connectivity index (χ1v) is 8.56. The molecule has 0 spiro atoms. The summed E-state index contributed by atoms with van der Waals surface area (Å²) in [7, 11) is 0. The average Bonchev–Trinajstić information content (AvgIpc) is 3.25. The zero-order valence-electron chi connectivity index (χ0n) is 13.6. The monoisotopic (exact) mass is 326 g/mol.